The normalized spacial score (nSPS) is 11.5. The van der Waals surface area contributed by atoms with Crippen LogP contribution in [0.25, 0.3) is 0 Å². The average molecular weight is 179 g/mol. The SMILES string of the molecule is CCCCC=C(C=CC#N)C(=O)O. The van der Waals surface area contributed by atoms with Crippen LogP contribution in [-0.2, 0) is 4.79 Å². The number of carbonyl (C=O) groups is 1. The number of aliphatic carboxylic acids is 1. The minimum absolute atomic E-state index is 0.190. The number of nitriles is 1. The van der Waals surface area contributed by atoms with Gasteiger partial charge < -0.3 is 5.11 Å². The van der Waals surface area contributed by atoms with E-state index in [0.29, 0.717) is 0 Å². The highest BCUT2D eigenvalue weighted by atomic mass is 16.4. The molecule has 0 rings (SSSR count). The molecule has 0 atom stereocenters. The summed E-state index contributed by atoms with van der Waals surface area (Å²) in [6, 6.07) is 1.76. The van der Waals surface area contributed by atoms with Crippen LogP contribution >= 0.6 is 0 Å². The van der Waals surface area contributed by atoms with Gasteiger partial charge in [0.25, 0.3) is 0 Å². The maximum absolute atomic E-state index is 10.6. The molecule has 0 aromatic carbocycles. The Morgan fingerprint density at radius 2 is 2.31 bits per heavy atom. The summed E-state index contributed by atoms with van der Waals surface area (Å²) < 4.78 is 0. The molecule has 0 aliphatic heterocycles. The van der Waals surface area contributed by atoms with E-state index in [9.17, 15) is 4.79 Å². The maximum Gasteiger partial charge on any atom is 0.335 e. The van der Waals surface area contributed by atoms with Gasteiger partial charge in [0, 0.05) is 6.08 Å². The zero-order chi connectivity index (χ0) is 10.1. The molecule has 1 N–H and O–H groups in total. The van der Waals surface area contributed by atoms with Crippen LogP contribution in [0.2, 0.25) is 0 Å². The summed E-state index contributed by atoms with van der Waals surface area (Å²) in [5, 5.41) is 16.9. The van der Waals surface area contributed by atoms with Crippen LogP contribution < -0.4 is 0 Å². The number of allylic oxidation sites excluding steroid dienone is 2. The fourth-order valence-electron chi connectivity index (χ4n) is 0.815. The predicted molar refractivity (Wildman–Crippen MR) is 50.0 cm³/mol. The summed E-state index contributed by atoms with van der Waals surface area (Å²) in [4.78, 5) is 10.6. The highest BCUT2D eigenvalue weighted by molar-refractivity contribution is 5.89. The van der Waals surface area contributed by atoms with E-state index in [-0.39, 0.29) is 5.57 Å². The van der Waals surface area contributed by atoms with Gasteiger partial charge in [-0.05, 0) is 12.5 Å². The lowest BCUT2D eigenvalue weighted by atomic mass is 10.1. The number of unbranched alkanes of at least 4 members (excludes halogenated alkanes) is 2. The fourth-order valence-corrected chi connectivity index (χ4v) is 0.815. The fraction of sp³-hybridized carbons (Fsp3) is 0.400. The Hall–Kier alpha value is -1.56. The van der Waals surface area contributed by atoms with Crippen LogP contribution in [0.4, 0.5) is 0 Å². The van der Waals surface area contributed by atoms with E-state index in [1.807, 2.05) is 6.92 Å². The summed E-state index contributed by atoms with van der Waals surface area (Å²) in [5.74, 6) is -0.984. The molecule has 0 aromatic rings. The van der Waals surface area contributed by atoms with Crippen molar-refractivity contribution in [1.82, 2.24) is 0 Å². The third-order valence-corrected chi connectivity index (χ3v) is 1.51. The van der Waals surface area contributed by atoms with E-state index < -0.39 is 5.97 Å². The lowest BCUT2D eigenvalue weighted by Gasteiger charge is -1.93. The lowest BCUT2D eigenvalue weighted by molar-refractivity contribution is -0.132. The largest absolute Gasteiger partial charge is 0.478 e. The second-order valence-electron chi connectivity index (χ2n) is 2.57. The highest BCUT2D eigenvalue weighted by Gasteiger charge is 2.00. The number of rotatable bonds is 5. The molecule has 0 unspecified atom stereocenters. The molecule has 70 valence electrons. The topological polar surface area (TPSA) is 61.1 Å². The van der Waals surface area contributed by atoms with Crippen molar-refractivity contribution in [3.63, 3.8) is 0 Å². The summed E-state index contributed by atoms with van der Waals surface area (Å²) in [6.45, 7) is 2.04. The van der Waals surface area contributed by atoms with Crippen LogP contribution in [0.1, 0.15) is 26.2 Å². The van der Waals surface area contributed by atoms with Gasteiger partial charge in [0.1, 0.15) is 0 Å². The standard InChI is InChI=1S/C10H13NO2/c1-2-3-4-6-9(10(12)13)7-5-8-11/h5-7H,2-4H2,1H3,(H,12,13). The van der Waals surface area contributed by atoms with Gasteiger partial charge in [-0.15, -0.1) is 0 Å². The molecule has 0 saturated heterocycles. The third-order valence-electron chi connectivity index (χ3n) is 1.51. The molecule has 0 aromatic heterocycles. The lowest BCUT2D eigenvalue weighted by Crippen LogP contribution is -1.97. The molecule has 0 spiro atoms. The van der Waals surface area contributed by atoms with Crippen molar-refractivity contribution in [3.05, 3.63) is 23.8 Å². The zero-order valence-corrected chi connectivity index (χ0v) is 7.66. The minimum Gasteiger partial charge on any atom is -0.478 e. The molecular weight excluding hydrogens is 166 g/mol. The van der Waals surface area contributed by atoms with Crippen molar-refractivity contribution in [2.75, 3.05) is 0 Å². The molecule has 0 amide bonds. The van der Waals surface area contributed by atoms with E-state index in [0.717, 1.165) is 19.3 Å². The Morgan fingerprint density at radius 1 is 1.62 bits per heavy atom. The number of carboxylic acids is 1. The minimum atomic E-state index is -0.984. The molecule has 0 aliphatic rings. The van der Waals surface area contributed by atoms with Gasteiger partial charge in [0.15, 0.2) is 0 Å². The van der Waals surface area contributed by atoms with Gasteiger partial charge in [-0.2, -0.15) is 5.26 Å². The molecule has 0 bridgehead atoms. The second-order valence-corrected chi connectivity index (χ2v) is 2.57. The van der Waals surface area contributed by atoms with Crippen molar-refractivity contribution in [2.24, 2.45) is 0 Å². The molecule has 3 heteroatoms. The Kier molecular flexibility index (Phi) is 6.26. The van der Waals surface area contributed by atoms with Crippen LogP contribution in [0.5, 0.6) is 0 Å². The van der Waals surface area contributed by atoms with E-state index in [1.165, 1.54) is 12.2 Å². The van der Waals surface area contributed by atoms with Crippen molar-refractivity contribution in [2.45, 2.75) is 26.2 Å². The van der Waals surface area contributed by atoms with Crippen molar-refractivity contribution < 1.29 is 9.90 Å². The van der Waals surface area contributed by atoms with Gasteiger partial charge in [-0.1, -0.05) is 25.8 Å². The van der Waals surface area contributed by atoms with E-state index in [1.54, 1.807) is 12.1 Å². The van der Waals surface area contributed by atoms with Gasteiger partial charge in [0.05, 0.1) is 11.6 Å². The zero-order valence-electron chi connectivity index (χ0n) is 7.66. The van der Waals surface area contributed by atoms with Gasteiger partial charge in [-0.3, -0.25) is 0 Å². The molecule has 3 nitrogen and oxygen atoms in total. The number of nitrogens with zero attached hydrogens (tertiary/aromatic N) is 1. The van der Waals surface area contributed by atoms with Crippen LogP contribution in [-0.4, -0.2) is 11.1 Å². The molecular formula is C10H13NO2. The first kappa shape index (κ1) is 11.4. The van der Waals surface area contributed by atoms with Crippen LogP contribution in [0, 0.1) is 11.3 Å². The summed E-state index contributed by atoms with van der Waals surface area (Å²) in [7, 11) is 0. The van der Waals surface area contributed by atoms with Gasteiger partial charge in [-0.25, -0.2) is 4.79 Å². The number of hydrogen-bond acceptors (Lipinski definition) is 2. The number of hydrogen-bond donors (Lipinski definition) is 1. The average Bonchev–Trinajstić information content (AvgIpc) is 2.10. The van der Waals surface area contributed by atoms with Crippen LogP contribution in [0.15, 0.2) is 23.8 Å². The Bertz CT molecular complexity index is 259. The summed E-state index contributed by atoms with van der Waals surface area (Å²) in [5.41, 5.74) is 0.190. The Morgan fingerprint density at radius 3 is 2.77 bits per heavy atom. The molecule has 0 heterocycles. The highest BCUT2D eigenvalue weighted by Crippen LogP contribution is 2.03. The van der Waals surface area contributed by atoms with Crippen molar-refractivity contribution in [3.8, 4) is 6.07 Å². The Balaban J connectivity index is 4.26. The monoisotopic (exact) mass is 179 g/mol. The first-order valence-electron chi connectivity index (χ1n) is 4.22. The summed E-state index contributed by atoms with van der Waals surface area (Å²) >= 11 is 0. The Labute approximate surface area is 78.0 Å². The second kappa shape index (κ2) is 7.11. The van der Waals surface area contributed by atoms with Crippen molar-refractivity contribution in [1.29, 1.82) is 5.26 Å². The first-order chi connectivity index (χ1) is 6.22. The van der Waals surface area contributed by atoms with Gasteiger partial charge in [0.2, 0.25) is 0 Å². The van der Waals surface area contributed by atoms with Gasteiger partial charge >= 0.3 is 5.97 Å². The predicted octanol–water partition coefficient (Wildman–Crippen LogP) is 2.27. The van der Waals surface area contributed by atoms with E-state index in [2.05, 4.69) is 0 Å². The van der Waals surface area contributed by atoms with E-state index >= 15 is 0 Å². The molecule has 0 fully saturated rings. The number of carboxylic acid groups (broad SMARTS) is 1. The molecule has 0 aliphatic carbocycles. The molecule has 0 saturated carbocycles. The quantitative estimate of drug-likeness (QED) is 0.305. The first-order valence-corrected chi connectivity index (χ1v) is 4.22. The maximum atomic E-state index is 10.6. The molecule has 0 radical (unpaired) electrons. The third kappa shape index (κ3) is 5.68. The summed E-state index contributed by atoms with van der Waals surface area (Å²) in [6.07, 6.45) is 6.88. The van der Waals surface area contributed by atoms with Crippen molar-refractivity contribution >= 4 is 5.97 Å². The van der Waals surface area contributed by atoms with Crippen LogP contribution in [0.3, 0.4) is 0 Å². The smallest absolute Gasteiger partial charge is 0.335 e. The molecule has 13 heavy (non-hydrogen) atoms. The van der Waals surface area contributed by atoms with E-state index in [4.69, 9.17) is 10.4 Å².